The van der Waals surface area contributed by atoms with Gasteiger partial charge in [-0.2, -0.15) is 0 Å². The van der Waals surface area contributed by atoms with Crippen LogP contribution in [-0.4, -0.2) is 18.8 Å². The van der Waals surface area contributed by atoms with Gasteiger partial charge < -0.3 is 15.6 Å². The summed E-state index contributed by atoms with van der Waals surface area (Å²) in [6, 6.07) is 32.1. The van der Waals surface area contributed by atoms with Crippen molar-refractivity contribution in [1.82, 2.24) is 0 Å². The SMILES string of the molecule is CCN(CC)c1ccc(C(=C2C=CC(=N)C=C2)c2ccc(Nc3ccccc3)c3ccccc23)cc1. The number of hydrogen-bond acceptors (Lipinski definition) is 3. The second kappa shape index (κ2) is 10.5. The summed E-state index contributed by atoms with van der Waals surface area (Å²) >= 11 is 0. The van der Waals surface area contributed by atoms with E-state index in [1.807, 2.05) is 30.4 Å². The summed E-state index contributed by atoms with van der Waals surface area (Å²) in [4.78, 5) is 2.36. The molecule has 0 aliphatic heterocycles. The van der Waals surface area contributed by atoms with Gasteiger partial charge in [0, 0.05) is 35.5 Å². The van der Waals surface area contributed by atoms with E-state index in [1.165, 1.54) is 27.6 Å². The number of nitrogens with one attached hydrogen (secondary N) is 2. The van der Waals surface area contributed by atoms with Gasteiger partial charge in [0.1, 0.15) is 0 Å². The number of rotatable bonds is 7. The lowest BCUT2D eigenvalue weighted by molar-refractivity contribution is 0.866. The fourth-order valence-corrected chi connectivity index (χ4v) is 4.85. The molecule has 0 saturated heterocycles. The van der Waals surface area contributed by atoms with Crippen LogP contribution in [0.3, 0.4) is 0 Å². The summed E-state index contributed by atoms with van der Waals surface area (Å²) in [6.07, 6.45) is 7.85. The number of allylic oxidation sites excluding steroid dienone is 5. The molecule has 0 unspecified atom stereocenters. The second-order valence-electron chi connectivity index (χ2n) is 8.87. The zero-order valence-corrected chi connectivity index (χ0v) is 20.8. The molecule has 0 saturated carbocycles. The maximum absolute atomic E-state index is 8.00. The van der Waals surface area contributed by atoms with E-state index in [0.29, 0.717) is 5.71 Å². The molecule has 0 bridgehead atoms. The van der Waals surface area contributed by atoms with Gasteiger partial charge in [0.25, 0.3) is 0 Å². The highest BCUT2D eigenvalue weighted by atomic mass is 15.1. The number of nitrogens with zero attached hydrogens (tertiary/aromatic N) is 1. The molecule has 0 amide bonds. The van der Waals surface area contributed by atoms with Crippen LogP contribution in [0.15, 0.2) is 121 Å². The Balaban J connectivity index is 1.67. The summed E-state index contributed by atoms with van der Waals surface area (Å²) in [5, 5.41) is 14.0. The lowest BCUT2D eigenvalue weighted by Gasteiger charge is -2.22. The number of hydrogen-bond donors (Lipinski definition) is 2. The van der Waals surface area contributed by atoms with Gasteiger partial charge in [0.05, 0.1) is 5.71 Å². The summed E-state index contributed by atoms with van der Waals surface area (Å²) in [7, 11) is 0. The standard InChI is InChI=1S/C33H31N3/c1-3-36(4-2)28-20-16-25(17-21-28)33(24-14-18-26(34)19-15-24)31-22-23-32(30-13-9-8-12-29(30)31)35-27-10-6-5-7-11-27/h5-23,34-35H,3-4H2,1-2H3. The molecule has 2 N–H and O–H groups in total. The van der Waals surface area contributed by atoms with Crippen LogP contribution >= 0.6 is 0 Å². The van der Waals surface area contributed by atoms with E-state index in [0.717, 1.165) is 35.6 Å². The first-order valence-corrected chi connectivity index (χ1v) is 12.6. The van der Waals surface area contributed by atoms with Crippen molar-refractivity contribution < 1.29 is 0 Å². The molecule has 3 nitrogen and oxygen atoms in total. The van der Waals surface area contributed by atoms with Crippen LogP contribution in [0.1, 0.15) is 25.0 Å². The predicted octanol–water partition coefficient (Wildman–Crippen LogP) is 8.38. The van der Waals surface area contributed by atoms with Gasteiger partial charge in [-0.15, -0.1) is 0 Å². The van der Waals surface area contributed by atoms with Crippen molar-refractivity contribution in [3.8, 4) is 0 Å². The maximum Gasteiger partial charge on any atom is 0.0540 e. The molecule has 4 aromatic rings. The Morgan fingerprint density at radius 2 is 1.33 bits per heavy atom. The van der Waals surface area contributed by atoms with Crippen LogP contribution in [0.4, 0.5) is 17.1 Å². The zero-order valence-electron chi connectivity index (χ0n) is 20.8. The summed E-state index contributed by atoms with van der Waals surface area (Å²) in [5.74, 6) is 0. The third-order valence-electron chi connectivity index (χ3n) is 6.70. The fraction of sp³-hybridized carbons (Fsp3) is 0.121. The average molecular weight is 470 g/mol. The van der Waals surface area contributed by atoms with Crippen molar-refractivity contribution in [3.05, 3.63) is 132 Å². The van der Waals surface area contributed by atoms with Crippen molar-refractivity contribution in [2.75, 3.05) is 23.3 Å². The maximum atomic E-state index is 8.00. The molecule has 0 radical (unpaired) electrons. The molecule has 36 heavy (non-hydrogen) atoms. The third kappa shape index (κ3) is 4.73. The van der Waals surface area contributed by atoms with Gasteiger partial charge in [-0.1, -0.05) is 72.8 Å². The molecular weight excluding hydrogens is 438 g/mol. The quantitative estimate of drug-likeness (QED) is 0.285. The van der Waals surface area contributed by atoms with Gasteiger partial charge in [-0.05, 0) is 84.0 Å². The van der Waals surface area contributed by atoms with E-state index >= 15 is 0 Å². The Hall–Kier alpha value is -4.37. The van der Waals surface area contributed by atoms with Crippen molar-refractivity contribution in [2.45, 2.75) is 13.8 Å². The molecule has 0 fully saturated rings. The highest BCUT2D eigenvalue weighted by Gasteiger charge is 2.16. The average Bonchev–Trinajstić information content (AvgIpc) is 2.93. The first kappa shape index (κ1) is 23.4. The third-order valence-corrected chi connectivity index (χ3v) is 6.70. The van der Waals surface area contributed by atoms with E-state index in [1.54, 1.807) is 0 Å². The molecule has 4 aromatic carbocycles. The molecule has 3 heteroatoms. The van der Waals surface area contributed by atoms with Crippen molar-refractivity contribution in [3.63, 3.8) is 0 Å². The molecule has 0 atom stereocenters. The highest BCUT2D eigenvalue weighted by molar-refractivity contribution is 6.08. The number of anilines is 3. The van der Waals surface area contributed by atoms with Crippen molar-refractivity contribution in [1.29, 1.82) is 5.41 Å². The van der Waals surface area contributed by atoms with Crippen LogP contribution < -0.4 is 10.2 Å². The van der Waals surface area contributed by atoms with Crippen LogP contribution in [0.25, 0.3) is 16.3 Å². The zero-order chi connectivity index (χ0) is 24.9. The number of benzene rings is 4. The minimum absolute atomic E-state index is 0.516. The molecular formula is C33H31N3. The number of fused-ring (bicyclic) bond motifs is 1. The second-order valence-corrected chi connectivity index (χ2v) is 8.87. The molecule has 0 spiro atoms. The first-order valence-electron chi connectivity index (χ1n) is 12.6. The Kier molecular flexibility index (Phi) is 6.81. The Bertz CT molecular complexity index is 1450. The predicted molar refractivity (Wildman–Crippen MR) is 156 cm³/mol. The number of para-hydroxylation sites is 1. The molecule has 1 aliphatic carbocycles. The summed E-state index contributed by atoms with van der Waals surface area (Å²) < 4.78 is 0. The van der Waals surface area contributed by atoms with Gasteiger partial charge in [-0.25, -0.2) is 0 Å². The van der Waals surface area contributed by atoms with E-state index < -0.39 is 0 Å². The minimum Gasteiger partial charge on any atom is -0.372 e. The minimum atomic E-state index is 0.516. The largest absolute Gasteiger partial charge is 0.372 e. The van der Waals surface area contributed by atoms with E-state index in [4.69, 9.17) is 5.41 Å². The van der Waals surface area contributed by atoms with Gasteiger partial charge in [0.15, 0.2) is 0 Å². The lowest BCUT2D eigenvalue weighted by Crippen LogP contribution is -2.21. The van der Waals surface area contributed by atoms with Crippen molar-refractivity contribution >= 4 is 39.1 Å². The normalized spacial score (nSPS) is 12.7. The first-order chi connectivity index (χ1) is 17.7. The molecule has 0 aromatic heterocycles. The fourth-order valence-electron chi connectivity index (χ4n) is 4.85. The topological polar surface area (TPSA) is 39.1 Å². The van der Waals surface area contributed by atoms with E-state index in [2.05, 4.69) is 109 Å². The highest BCUT2D eigenvalue weighted by Crippen LogP contribution is 2.38. The van der Waals surface area contributed by atoms with E-state index in [9.17, 15) is 0 Å². The monoisotopic (exact) mass is 469 g/mol. The molecule has 1 aliphatic rings. The van der Waals surface area contributed by atoms with Crippen LogP contribution in [0.2, 0.25) is 0 Å². The van der Waals surface area contributed by atoms with Crippen molar-refractivity contribution in [2.24, 2.45) is 0 Å². The lowest BCUT2D eigenvalue weighted by atomic mass is 9.87. The summed E-state index contributed by atoms with van der Waals surface area (Å²) in [5.41, 5.74) is 8.52. The van der Waals surface area contributed by atoms with E-state index in [-0.39, 0.29) is 0 Å². The molecule has 178 valence electrons. The molecule has 5 rings (SSSR count). The van der Waals surface area contributed by atoms with Gasteiger partial charge in [-0.3, -0.25) is 0 Å². The summed E-state index contributed by atoms with van der Waals surface area (Å²) in [6.45, 7) is 6.35. The smallest absolute Gasteiger partial charge is 0.0540 e. The van der Waals surface area contributed by atoms with Gasteiger partial charge in [0.2, 0.25) is 0 Å². The Morgan fingerprint density at radius 3 is 2.00 bits per heavy atom. The molecule has 0 heterocycles. The van der Waals surface area contributed by atoms with Crippen LogP contribution in [-0.2, 0) is 0 Å². The Labute approximate surface area is 213 Å². The van der Waals surface area contributed by atoms with Crippen LogP contribution in [0.5, 0.6) is 0 Å². The van der Waals surface area contributed by atoms with Gasteiger partial charge >= 0.3 is 0 Å². The Morgan fingerprint density at radius 1 is 0.694 bits per heavy atom. The van der Waals surface area contributed by atoms with Crippen LogP contribution in [0, 0.1) is 5.41 Å².